The van der Waals surface area contributed by atoms with E-state index < -0.39 is 0 Å². The summed E-state index contributed by atoms with van der Waals surface area (Å²) in [5.74, 6) is 0.216. The summed E-state index contributed by atoms with van der Waals surface area (Å²) in [5, 5.41) is 5.53. The molecule has 7 aromatic carbocycles. The fourth-order valence-electron chi connectivity index (χ4n) is 7.99. The molecular weight excluding hydrogens is 681 g/mol. The van der Waals surface area contributed by atoms with Crippen LogP contribution >= 0.6 is 11.3 Å². The fraction of sp³-hybridized carbons (Fsp3) is 0.0408. The largest absolute Gasteiger partial charge is 0.456 e. The molecule has 1 aliphatic rings. The van der Waals surface area contributed by atoms with Crippen molar-refractivity contribution in [3.63, 3.8) is 0 Å². The maximum absolute atomic E-state index is 6.58. The first-order valence-electron chi connectivity index (χ1n) is 18.3. The van der Waals surface area contributed by atoms with Gasteiger partial charge in [0.05, 0.1) is 15.9 Å². The monoisotopic (exact) mass is 712 g/mol. The van der Waals surface area contributed by atoms with Crippen molar-refractivity contribution in [2.75, 3.05) is 4.90 Å². The van der Waals surface area contributed by atoms with Crippen LogP contribution in [-0.2, 0) is 0 Å². The first kappa shape index (κ1) is 30.9. The van der Waals surface area contributed by atoms with E-state index in [9.17, 15) is 0 Å². The van der Waals surface area contributed by atoms with Crippen LogP contribution in [0.15, 0.2) is 190 Å². The molecule has 1 aliphatic carbocycles. The zero-order chi connectivity index (χ0) is 35.6. The third kappa shape index (κ3) is 5.08. The third-order valence-corrected chi connectivity index (χ3v) is 11.8. The number of fused-ring (bicyclic) bond motifs is 8. The topological polar surface area (TPSA) is 42.4 Å². The number of anilines is 2. The predicted octanol–water partition coefficient (Wildman–Crippen LogP) is 14.2. The van der Waals surface area contributed by atoms with Gasteiger partial charge in [-0.1, -0.05) is 121 Å². The second-order valence-corrected chi connectivity index (χ2v) is 14.9. The van der Waals surface area contributed by atoms with Gasteiger partial charge in [0, 0.05) is 44.4 Å². The second-order valence-electron chi connectivity index (χ2n) is 13.9. The summed E-state index contributed by atoms with van der Waals surface area (Å²) in [6.45, 7) is 0. The quantitative estimate of drug-likeness (QED) is 0.172. The zero-order valence-corrected chi connectivity index (χ0v) is 30.0. The summed E-state index contributed by atoms with van der Waals surface area (Å²) in [5.41, 5.74) is 12.5. The van der Waals surface area contributed by atoms with Gasteiger partial charge in [-0.2, -0.15) is 0 Å². The van der Waals surface area contributed by atoms with Gasteiger partial charge in [-0.05, 0) is 77.7 Å². The van der Waals surface area contributed by atoms with Crippen LogP contribution in [0.2, 0.25) is 0 Å². The third-order valence-electron chi connectivity index (χ3n) is 10.7. The van der Waals surface area contributed by atoms with Gasteiger partial charge in [0.25, 0.3) is 0 Å². The van der Waals surface area contributed by atoms with Gasteiger partial charge in [-0.25, -0.2) is 4.98 Å². The highest BCUT2D eigenvalue weighted by molar-refractivity contribution is 7.22. The lowest BCUT2D eigenvalue weighted by molar-refractivity contribution is 0.668. The van der Waals surface area contributed by atoms with E-state index in [0.717, 1.165) is 88.2 Å². The van der Waals surface area contributed by atoms with E-state index in [1.165, 1.54) is 16.7 Å². The molecule has 0 radical (unpaired) electrons. The normalized spacial score (nSPS) is 14.4. The van der Waals surface area contributed by atoms with E-state index in [0.29, 0.717) is 0 Å². The van der Waals surface area contributed by atoms with E-state index in [1.807, 2.05) is 18.2 Å². The number of benzene rings is 7. The molecule has 1 atom stereocenters. The van der Waals surface area contributed by atoms with E-state index in [4.69, 9.17) is 13.8 Å². The molecule has 0 N–H and O–H groups in total. The highest BCUT2D eigenvalue weighted by atomic mass is 32.1. The number of aromatic nitrogens is 1. The second kappa shape index (κ2) is 12.5. The lowest BCUT2D eigenvalue weighted by Crippen LogP contribution is -2.17. The first-order chi connectivity index (χ1) is 26.7. The van der Waals surface area contributed by atoms with Gasteiger partial charge in [0.15, 0.2) is 5.58 Å². The van der Waals surface area contributed by atoms with Crippen molar-refractivity contribution in [1.82, 2.24) is 4.98 Å². The lowest BCUT2D eigenvalue weighted by Gasteiger charge is -2.29. The van der Waals surface area contributed by atoms with E-state index in [1.54, 1.807) is 11.3 Å². The number of allylic oxidation sites excluding steroid dienone is 3. The predicted molar refractivity (Wildman–Crippen MR) is 225 cm³/mol. The number of furan rings is 2. The highest BCUT2D eigenvalue weighted by Crippen LogP contribution is 2.44. The standard InChI is InChI=1S/C49H32N2O2S/c1-3-10-31(11-4-1)32-18-23-36(24-19-32)51(42-16-9-15-39-38-14-7-8-17-43(38)53-47(39)42)37-25-20-33(21-26-37)35-22-28-44-40(30-35)46-45(52-44)29-27-41-48(46)54-49(50-41)34-12-5-2-6-13-34/h1-20,22-30,33H,21H2. The lowest BCUT2D eigenvalue weighted by atomic mass is 9.90. The Morgan fingerprint density at radius 3 is 2.13 bits per heavy atom. The van der Waals surface area contributed by atoms with Crippen LogP contribution in [0.5, 0.6) is 0 Å². The molecule has 0 amide bonds. The van der Waals surface area contributed by atoms with Gasteiger partial charge < -0.3 is 13.7 Å². The Balaban J connectivity index is 0.981. The summed E-state index contributed by atoms with van der Waals surface area (Å²) in [4.78, 5) is 7.34. The summed E-state index contributed by atoms with van der Waals surface area (Å²) in [6.07, 6.45) is 7.84. The van der Waals surface area contributed by atoms with Crippen LogP contribution in [0.25, 0.3) is 75.8 Å². The van der Waals surface area contributed by atoms with Crippen molar-refractivity contribution < 1.29 is 8.83 Å². The van der Waals surface area contributed by atoms with Gasteiger partial charge >= 0.3 is 0 Å². The highest BCUT2D eigenvalue weighted by Gasteiger charge is 2.23. The number of para-hydroxylation sites is 2. The Hall–Kier alpha value is -6.69. The average molecular weight is 713 g/mol. The van der Waals surface area contributed by atoms with Crippen LogP contribution in [0.1, 0.15) is 17.9 Å². The maximum Gasteiger partial charge on any atom is 0.159 e. The molecule has 0 saturated carbocycles. The molecule has 0 saturated heterocycles. The minimum absolute atomic E-state index is 0.216. The van der Waals surface area contributed by atoms with Gasteiger partial charge in [0.1, 0.15) is 21.8 Å². The molecule has 5 heteroatoms. The van der Waals surface area contributed by atoms with Crippen molar-refractivity contribution in [2.24, 2.45) is 0 Å². The Bertz CT molecular complexity index is 3080. The molecule has 10 aromatic rings. The van der Waals surface area contributed by atoms with Crippen molar-refractivity contribution in [3.8, 4) is 21.7 Å². The van der Waals surface area contributed by atoms with Crippen LogP contribution in [-0.4, -0.2) is 4.98 Å². The average Bonchev–Trinajstić information content (AvgIpc) is 3.96. The number of hydrogen-bond acceptors (Lipinski definition) is 5. The van der Waals surface area contributed by atoms with Crippen LogP contribution in [0.4, 0.5) is 11.4 Å². The van der Waals surface area contributed by atoms with E-state index >= 15 is 0 Å². The molecule has 54 heavy (non-hydrogen) atoms. The van der Waals surface area contributed by atoms with Crippen molar-refractivity contribution >= 4 is 76.8 Å². The Morgan fingerprint density at radius 1 is 0.593 bits per heavy atom. The minimum atomic E-state index is 0.216. The molecule has 256 valence electrons. The Kier molecular flexibility index (Phi) is 7.13. The molecule has 1 unspecified atom stereocenters. The minimum Gasteiger partial charge on any atom is -0.456 e. The van der Waals surface area contributed by atoms with Crippen LogP contribution < -0.4 is 4.90 Å². The van der Waals surface area contributed by atoms with Gasteiger partial charge in [-0.3, -0.25) is 0 Å². The summed E-state index contributed by atoms with van der Waals surface area (Å²) in [7, 11) is 0. The molecule has 3 heterocycles. The molecule has 0 fully saturated rings. The van der Waals surface area contributed by atoms with Crippen LogP contribution in [0.3, 0.4) is 0 Å². The Labute approximate surface area is 315 Å². The van der Waals surface area contributed by atoms with E-state index in [-0.39, 0.29) is 5.92 Å². The van der Waals surface area contributed by atoms with Gasteiger partial charge in [-0.15, -0.1) is 11.3 Å². The summed E-state index contributed by atoms with van der Waals surface area (Å²) < 4.78 is 14.1. The van der Waals surface area contributed by atoms with Crippen molar-refractivity contribution in [1.29, 1.82) is 0 Å². The molecule has 4 nitrogen and oxygen atoms in total. The van der Waals surface area contributed by atoms with E-state index in [2.05, 4.69) is 163 Å². The first-order valence-corrected chi connectivity index (χ1v) is 19.1. The fourth-order valence-corrected chi connectivity index (χ4v) is 9.11. The van der Waals surface area contributed by atoms with Crippen molar-refractivity contribution in [2.45, 2.75) is 12.3 Å². The maximum atomic E-state index is 6.58. The molecule has 3 aromatic heterocycles. The number of rotatable bonds is 6. The Morgan fingerprint density at radius 2 is 1.31 bits per heavy atom. The number of thiazole rings is 1. The van der Waals surface area contributed by atoms with Crippen LogP contribution in [0, 0.1) is 0 Å². The van der Waals surface area contributed by atoms with Crippen molar-refractivity contribution in [3.05, 3.63) is 187 Å². The smallest absolute Gasteiger partial charge is 0.159 e. The zero-order valence-electron chi connectivity index (χ0n) is 29.1. The molecule has 0 spiro atoms. The summed E-state index contributed by atoms with van der Waals surface area (Å²) >= 11 is 1.73. The molecule has 0 aliphatic heterocycles. The molecule has 0 bridgehead atoms. The SMILES string of the molecule is C1=CC(c2ccc3oc4ccc5nc(-c6ccccc6)sc5c4c3c2)CC=C1N(c1ccc(-c2ccccc2)cc1)c1cccc2c1oc1ccccc12. The van der Waals surface area contributed by atoms with Gasteiger partial charge in [0.2, 0.25) is 0 Å². The molecule has 11 rings (SSSR count). The molecular formula is C49H32N2O2S. The summed E-state index contributed by atoms with van der Waals surface area (Å²) in [6, 6.07) is 55.3. The number of hydrogen-bond donors (Lipinski definition) is 0. The number of nitrogens with zero attached hydrogens (tertiary/aromatic N) is 2.